The van der Waals surface area contributed by atoms with Crippen LogP contribution in [0, 0.1) is 10.1 Å². The van der Waals surface area contributed by atoms with Gasteiger partial charge in [0.1, 0.15) is 6.54 Å². The minimum Gasteiger partial charge on any atom is -0.423 e. The number of ether oxygens (including phenoxy) is 1. The van der Waals surface area contributed by atoms with Crippen LogP contribution in [0.2, 0.25) is 0 Å². The predicted octanol–water partition coefficient (Wildman–Crippen LogP) is 1.23. The fourth-order valence-electron chi connectivity index (χ4n) is 2.09. The van der Waals surface area contributed by atoms with Crippen LogP contribution in [-0.2, 0) is 9.59 Å². The summed E-state index contributed by atoms with van der Waals surface area (Å²) in [5, 5.41) is 13.6. The van der Waals surface area contributed by atoms with Crippen molar-refractivity contribution >= 4 is 23.3 Å². The van der Waals surface area contributed by atoms with Crippen LogP contribution in [0.15, 0.2) is 18.2 Å². The number of benzene rings is 1. The SMILES string of the molecule is CCC(C)NC(=O)CN1CC(=O)Oc2cc([N+](=O)[O-])ccc21. The molecule has 1 aliphatic rings. The predicted molar refractivity (Wildman–Crippen MR) is 78.8 cm³/mol. The minimum absolute atomic E-state index is 0.00967. The molecule has 0 aromatic heterocycles. The van der Waals surface area contributed by atoms with Crippen molar-refractivity contribution in [3.05, 3.63) is 28.3 Å². The lowest BCUT2D eigenvalue weighted by Crippen LogP contribution is -2.45. The van der Waals surface area contributed by atoms with Crippen LogP contribution in [0.25, 0.3) is 0 Å². The molecule has 0 saturated carbocycles. The van der Waals surface area contributed by atoms with Gasteiger partial charge in [-0.2, -0.15) is 0 Å². The number of nitro benzene ring substituents is 1. The van der Waals surface area contributed by atoms with Crippen LogP contribution in [0.3, 0.4) is 0 Å². The molecule has 1 aliphatic heterocycles. The van der Waals surface area contributed by atoms with Gasteiger partial charge in [0, 0.05) is 12.1 Å². The Morgan fingerprint density at radius 2 is 2.27 bits per heavy atom. The summed E-state index contributed by atoms with van der Waals surface area (Å²) in [5.74, 6) is -0.667. The van der Waals surface area contributed by atoms with E-state index in [1.165, 1.54) is 18.2 Å². The number of hydrogen-bond acceptors (Lipinski definition) is 6. The van der Waals surface area contributed by atoms with E-state index < -0.39 is 10.9 Å². The number of carbonyl (C=O) groups is 2. The van der Waals surface area contributed by atoms with Crippen molar-refractivity contribution in [3.8, 4) is 5.75 Å². The summed E-state index contributed by atoms with van der Waals surface area (Å²) < 4.78 is 5.02. The van der Waals surface area contributed by atoms with Crippen molar-refractivity contribution in [2.75, 3.05) is 18.0 Å². The number of nitrogens with one attached hydrogen (secondary N) is 1. The zero-order valence-electron chi connectivity index (χ0n) is 12.4. The van der Waals surface area contributed by atoms with Gasteiger partial charge in [0.2, 0.25) is 5.91 Å². The van der Waals surface area contributed by atoms with Crippen molar-refractivity contribution in [1.29, 1.82) is 0 Å². The van der Waals surface area contributed by atoms with E-state index in [0.717, 1.165) is 6.42 Å². The van der Waals surface area contributed by atoms with Crippen molar-refractivity contribution in [3.63, 3.8) is 0 Å². The molecule has 0 spiro atoms. The van der Waals surface area contributed by atoms with Crippen LogP contribution in [0.1, 0.15) is 20.3 Å². The number of hydrogen-bond donors (Lipinski definition) is 1. The zero-order valence-corrected chi connectivity index (χ0v) is 12.4. The van der Waals surface area contributed by atoms with Crippen molar-refractivity contribution in [2.24, 2.45) is 0 Å². The summed E-state index contributed by atoms with van der Waals surface area (Å²) in [6, 6.07) is 4.03. The number of esters is 1. The molecule has 22 heavy (non-hydrogen) atoms. The van der Waals surface area contributed by atoms with Gasteiger partial charge in [-0.25, -0.2) is 4.79 Å². The molecule has 0 saturated heterocycles. The van der Waals surface area contributed by atoms with Gasteiger partial charge in [-0.3, -0.25) is 14.9 Å². The van der Waals surface area contributed by atoms with Crippen LogP contribution < -0.4 is 15.0 Å². The number of rotatable bonds is 5. The Morgan fingerprint density at radius 1 is 1.55 bits per heavy atom. The van der Waals surface area contributed by atoms with E-state index in [1.807, 2.05) is 13.8 Å². The first-order valence-corrected chi connectivity index (χ1v) is 6.94. The quantitative estimate of drug-likeness (QED) is 0.380. The summed E-state index contributed by atoms with van der Waals surface area (Å²) in [5.41, 5.74) is 0.321. The zero-order chi connectivity index (χ0) is 16.3. The summed E-state index contributed by atoms with van der Waals surface area (Å²) in [4.78, 5) is 35.3. The first-order chi connectivity index (χ1) is 10.4. The summed E-state index contributed by atoms with van der Waals surface area (Å²) in [6.07, 6.45) is 0.802. The first kappa shape index (κ1) is 15.7. The highest BCUT2D eigenvalue weighted by atomic mass is 16.6. The van der Waals surface area contributed by atoms with Crippen LogP contribution in [0.5, 0.6) is 5.75 Å². The molecule has 1 unspecified atom stereocenters. The molecule has 0 aliphatic carbocycles. The monoisotopic (exact) mass is 307 g/mol. The van der Waals surface area contributed by atoms with Gasteiger partial charge in [-0.1, -0.05) is 6.92 Å². The smallest absolute Gasteiger partial charge is 0.331 e. The van der Waals surface area contributed by atoms with Crippen molar-refractivity contribution < 1.29 is 19.2 Å². The minimum atomic E-state index is -0.567. The lowest BCUT2D eigenvalue weighted by atomic mass is 10.2. The molecule has 1 aromatic carbocycles. The highest BCUT2D eigenvalue weighted by Gasteiger charge is 2.27. The second-order valence-corrected chi connectivity index (χ2v) is 5.12. The Morgan fingerprint density at radius 3 is 2.91 bits per heavy atom. The number of non-ortho nitro benzene ring substituents is 1. The van der Waals surface area contributed by atoms with Crippen molar-refractivity contribution in [1.82, 2.24) is 5.32 Å². The van der Waals surface area contributed by atoms with Gasteiger partial charge in [0.15, 0.2) is 5.75 Å². The fraction of sp³-hybridized carbons (Fsp3) is 0.429. The average Bonchev–Trinajstić information content (AvgIpc) is 2.45. The second kappa shape index (κ2) is 6.42. The number of amides is 1. The normalized spacial score (nSPS) is 14.8. The Kier molecular flexibility index (Phi) is 4.59. The largest absolute Gasteiger partial charge is 0.423 e. The van der Waals surface area contributed by atoms with Crippen LogP contribution >= 0.6 is 0 Å². The van der Waals surface area contributed by atoms with Gasteiger partial charge in [-0.15, -0.1) is 0 Å². The molecule has 118 valence electrons. The second-order valence-electron chi connectivity index (χ2n) is 5.12. The number of nitro groups is 1. The Labute approximate surface area is 127 Å². The van der Waals surface area contributed by atoms with E-state index in [9.17, 15) is 19.7 Å². The number of carbonyl (C=O) groups excluding carboxylic acids is 2. The van der Waals surface area contributed by atoms with E-state index in [1.54, 1.807) is 4.90 Å². The lowest BCUT2D eigenvalue weighted by molar-refractivity contribution is -0.384. The molecule has 1 heterocycles. The van der Waals surface area contributed by atoms with E-state index in [4.69, 9.17) is 4.74 Å². The standard InChI is InChI=1S/C14H17N3O5/c1-3-9(2)15-13(18)7-16-8-14(19)22-12-6-10(17(20)21)4-5-11(12)16/h4-6,9H,3,7-8H2,1-2H3,(H,15,18). The number of nitrogens with zero attached hydrogens (tertiary/aromatic N) is 2. The van der Waals surface area contributed by atoms with Crippen LogP contribution in [0.4, 0.5) is 11.4 Å². The third kappa shape index (κ3) is 3.51. The summed E-state index contributed by atoms with van der Waals surface area (Å²) in [7, 11) is 0. The number of fused-ring (bicyclic) bond motifs is 1. The average molecular weight is 307 g/mol. The molecule has 8 nitrogen and oxygen atoms in total. The topological polar surface area (TPSA) is 102 Å². The third-order valence-electron chi connectivity index (χ3n) is 3.39. The maximum atomic E-state index is 12.0. The summed E-state index contributed by atoms with van der Waals surface area (Å²) >= 11 is 0. The molecule has 8 heteroatoms. The molecule has 1 atom stereocenters. The number of anilines is 1. The van der Waals surface area contributed by atoms with Gasteiger partial charge in [0.05, 0.1) is 23.2 Å². The molecule has 1 N–H and O–H groups in total. The molecule has 0 bridgehead atoms. The first-order valence-electron chi connectivity index (χ1n) is 6.94. The molecule has 2 rings (SSSR count). The maximum absolute atomic E-state index is 12.0. The van der Waals surface area contributed by atoms with Gasteiger partial charge >= 0.3 is 5.97 Å². The van der Waals surface area contributed by atoms with E-state index in [0.29, 0.717) is 5.69 Å². The van der Waals surface area contributed by atoms with Gasteiger partial charge in [0.25, 0.3) is 5.69 Å². The highest BCUT2D eigenvalue weighted by Crippen LogP contribution is 2.34. The molecule has 0 radical (unpaired) electrons. The highest BCUT2D eigenvalue weighted by molar-refractivity contribution is 5.89. The molecular weight excluding hydrogens is 290 g/mol. The molecule has 1 aromatic rings. The Bertz CT molecular complexity index is 616. The molecular formula is C14H17N3O5. The van der Waals surface area contributed by atoms with E-state index in [2.05, 4.69) is 5.32 Å². The maximum Gasteiger partial charge on any atom is 0.331 e. The Balaban J connectivity index is 2.19. The third-order valence-corrected chi connectivity index (χ3v) is 3.39. The van der Waals surface area contributed by atoms with Gasteiger partial charge in [-0.05, 0) is 19.4 Å². The molecule has 0 fully saturated rings. The lowest BCUT2D eigenvalue weighted by Gasteiger charge is -2.29. The van der Waals surface area contributed by atoms with E-state index in [-0.39, 0.29) is 36.5 Å². The van der Waals surface area contributed by atoms with E-state index >= 15 is 0 Å². The van der Waals surface area contributed by atoms with Crippen molar-refractivity contribution in [2.45, 2.75) is 26.3 Å². The van der Waals surface area contributed by atoms with Crippen LogP contribution in [-0.4, -0.2) is 35.9 Å². The Hall–Kier alpha value is -2.64. The van der Waals surface area contributed by atoms with Gasteiger partial charge < -0.3 is 15.0 Å². The molecule has 1 amide bonds. The fourth-order valence-corrected chi connectivity index (χ4v) is 2.09. The summed E-state index contributed by atoms with van der Waals surface area (Å²) in [6.45, 7) is 3.76.